The first-order chi connectivity index (χ1) is 12.8. The summed E-state index contributed by atoms with van der Waals surface area (Å²) in [6.45, 7) is 5.41. The molecule has 1 unspecified atom stereocenters. The summed E-state index contributed by atoms with van der Waals surface area (Å²) in [7, 11) is 0. The third-order valence-corrected chi connectivity index (χ3v) is 5.43. The lowest BCUT2D eigenvalue weighted by molar-refractivity contribution is -0.131. The van der Waals surface area contributed by atoms with Crippen LogP contribution in [0.4, 0.5) is 4.79 Å². The second-order valence-electron chi connectivity index (χ2n) is 6.81. The molecule has 0 bridgehead atoms. The molecule has 0 spiro atoms. The van der Waals surface area contributed by atoms with Crippen molar-refractivity contribution >= 4 is 29.3 Å². The van der Waals surface area contributed by atoms with Crippen molar-refractivity contribution < 1.29 is 14.4 Å². The Balaban J connectivity index is 1.87. The van der Waals surface area contributed by atoms with E-state index in [0.717, 1.165) is 16.0 Å². The number of aryl methyl sites for hydroxylation is 2. The van der Waals surface area contributed by atoms with Gasteiger partial charge in [-0.2, -0.15) is 0 Å². The smallest absolute Gasteiger partial charge is 0.319 e. The molecule has 3 amide bonds. The van der Waals surface area contributed by atoms with Crippen molar-refractivity contribution in [2.24, 2.45) is 0 Å². The fourth-order valence-electron chi connectivity index (χ4n) is 3.29. The van der Waals surface area contributed by atoms with Crippen molar-refractivity contribution in [3.63, 3.8) is 0 Å². The molecule has 1 atom stereocenters. The number of hydrogen-bond donors (Lipinski definition) is 1. The second kappa shape index (κ2) is 7.16. The zero-order chi connectivity index (χ0) is 19.8. The number of nitrogens with one attached hydrogen (secondary N) is 1. The number of Topliss-reactive ketones (excluding diaryl/α,β-unsaturated/α-hetero) is 1. The summed E-state index contributed by atoms with van der Waals surface area (Å²) in [6.07, 6.45) is 0.369. The van der Waals surface area contributed by atoms with Gasteiger partial charge in [0.1, 0.15) is 5.54 Å². The molecule has 2 aromatic rings. The Labute approximate surface area is 163 Å². The normalized spacial score (nSPS) is 19.3. The van der Waals surface area contributed by atoms with Crippen molar-refractivity contribution in [1.82, 2.24) is 10.2 Å². The number of nitrogens with zero attached hydrogens (tertiary/aromatic N) is 1. The number of amides is 3. The lowest BCUT2D eigenvalue weighted by Gasteiger charge is -2.25. The van der Waals surface area contributed by atoms with Gasteiger partial charge in [0.25, 0.3) is 5.91 Å². The van der Waals surface area contributed by atoms with E-state index >= 15 is 0 Å². The van der Waals surface area contributed by atoms with Crippen LogP contribution in [0.25, 0.3) is 0 Å². The Morgan fingerprint density at radius 1 is 1.07 bits per heavy atom. The highest BCUT2D eigenvalue weighted by molar-refractivity contribution is 6.30. The summed E-state index contributed by atoms with van der Waals surface area (Å²) in [6, 6.07) is 11.6. The van der Waals surface area contributed by atoms with Crippen molar-refractivity contribution in [1.29, 1.82) is 0 Å². The van der Waals surface area contributed by atoms with E-state index < -0.39 is 17.5 Å². The first-order valence-corrected chi connectivity index (χ1v) is 9.17. The van der Waals surface area contributed by atoms with Gasteiger partial charge in [0.2, 0.25) is 0 Å². The SMILES string of the molecule is CCC1(c2ccc(Cl)cc2)NC(=O)N(CC(=O)c2ccc(C)c(C)c2)C1=O. The predicted molar refractivity (Wildman–Crippen MR) is 104 cm³/mol. The van der Waals surface area contributed by atoms with Crippen LogP contribution in [0, 0.1) is 13.8 Å². The third-order valence-electron chi connectivity index (χ3n) is 5.17. The third kappa shape index (κ3) is 3.35. The molecule has 6 heteroatoms. The van der Waals surface area contributed by atoms with Gasteiger partial charge in [-0.3, -0.25) is 14.5 Å². The standard InChI is InChI=1S/C21H21ClN2O3/c1-4-21(16-7-9-17(22)10-8-16)19(26)24(20(27)23-21)12-18(25)15-6-5-13(2)14(3)11-15/h5-11H,4,12H2,1-3H3,(H,23,27). The topological polar surface area (TPSA) is 66.5 Å². The quantitative estimate of drug-likeness (QED) is 0.626. The highest BCUT2D eigenvalue weighted by Gasteiger charge is 2.51. The van der Waals surface area contributed by atoms with Crippen molar-refractivity contribution in [2.45, 2.75) is 32.7 Å². The van der Waals surface area contributed by atoms with Gasteiger partial charge in [-0.15, -0.1) is 0 Å². The lowest BCUT2D eigenvalue weighted by Crippen LogP contribution is -2.43. The zero-order valence-corrected chi connectivity index (χ0v) is 16.3. The highest BCUT2D eigenvalue weighted by atomic mass is 35.5. The van der Waals surface area contributed by atoms with Gasteiger partial charge in [0.15, 0.2) is 5.78 Å². The number of halogens is 1. The summed E-state index contributed by atoms with van der Waals surface area (Å²) in [5, 5.41) is 3.32. The predicted octanol–water partition coefficient (Wildman–Crippen LogP) is 4.00. The van der Waals surface area contributed by atoms with Crippen LogP contribution < -0.4 is 5.32 Å². The molecule has 1 saturated heterocycles. The molecule has 1 fully saturated rings. The average Bonchev–Trinajstić information content (AvgIpc) is 2.89. The molecule has 0 aromatic heterocycles. The minimum absolute atomic E-state index is 0.274. The van der Waals surface area contributed by atoms with E-state index in [1.165, 1.54) is 0 Å². The zero-order valence-electron chi connectivity index (χ0n) is 15.5. The largest absolute Gasteiger partial charge is 0.325 e. The molecule has 1 heterocycles. The fraction of sp³-hybridized carbons (Fsp3) is 0.286. The Kier molecular flexibility index (Phi) is 5.07. The van der Waals surface area contributed by atoms with Crippen LogP contribution in [0.15, 0.2) is 42.5 Å². The van der Waals surface area contributed by atoms with E-state index in [1.807, 2.05) is 26.8 Å². The number of benzene rings is 2. The molecule has 3 rings (SSSR count). The molecule has 5 nitrogen and oxygen atoms in total. The summed E-state index contributed by atoms with van der Waals surface area (Å²) in [5.41, 5.74) is 2.02. The van der Waals surface area contributed by atoms with Gasteiger partial charge in [0.05, 0.1) is 6.54 Å². The molecule has 2 aromatic carbocycles. The molecule has 140 valence electrons. The average molecular weight is 385 g/mol. The first-order valence-electron chi connectivity index (χ1n) is 8.79. The van der Waals surface area contributed by atoms with Crippen molar-refractivity contribution in [3.05, 3.63) is 69.7 Å². The van der Waals surface area contributed by atoms with Gasteiger partial charge >= 0.3 is 6.03 Å². The maximum Gasteiger partial charge on any atom is 0.325 e. The van der Waals surface area contributed by atoms with Crippen LogP contribution in [0.5, 0.6) is 0 Å². The first kappa shape index (κ1) is 19.1. The van der Waals surface area contributed by atoms with Crippen molar-refractivity contribution in [3.8, 4) is 0 Å². The van der Waals surface area contributed by atoms with Gasteiger partial charge in [0, 0.05) is 10.6 Å². The molecule has 1 aliphatic rings. The molecule has 0 radical (unpaired) electrons. The maximum atomic E-state index is 13.1. The van der Waals surface area contributed by atoms with Gasteiger partial charge < -0.3 is 5.32 Å². The molecule has 0 saturated carbocycles. The number of rotatable bonds is 5. The summed E-state index contributed by atoms with van der Waals surface area (Å²) in [5.74, 6) is -0.695. The number of imide groups is 1. The van der Waals surface area contributed by atoms with Crippen molar-refractivity contribution in [2.75, 3.05) is 6.54 Å². The van der Waals surface area contributed by atoms with Crippen LogP contribution in [-0.2, 0) is 10.3 Å². The molecule has 1 N–H and O–H groups in total. The molecular weight excluding hydrogens is 364 g/mol. The van der Waals surface area contributed by atoms with E-state index in [2.05, 4.69) is 5.32 Å². The van der Waals surface area contributed by atoms with Gasteiger partial charge in [-0.1, -0.05) is 42.8 Å². The summed E-state index contributed by atoms with van der Waals surface area (Å²) in [4.78, 5) is 39.2. The lowest BCUT2D eigenvalue weighted by atomic mass is 9.87. The number of ketones is 1. The van der Waals surface area contributed by atoms with Crippen LogP contribution in [0.1, 0.15) is 40.4 Å². The van der Waals surface area contributed by atoms with Crippen LogP contribution in [0.2, 0.25) is 5.02 Å². The van der Waals surface area contributed by atoms with E-state index in [9.17, 15) is 14.4 Å². The Bertz CT molecular complexity index is 924. The van der Waals surface area contributed by atoms with E-state index in [1.54, 1.807) is 36.4 Å². The number of urea groups is 1. The highest BCUT2D eigenvalue weighted by Crippen LogP contribution is 2.33. The Morgan fingerprint density at radius 2 is 1.74 bits per heavy atom. The Morgan fingerprint density at radius 3 is 2.33 bits per heavy atom. The molecule has 27 heavy (non-hydrogen) atoms. The minimum atomic E-state index is -1.18. The maximum absolute atomic E-state index is 13.1. The summed E-state index contributed by atoms with van der Waals surface area (Å²) < 4.78 is 0. The molecule has 1 aliphatic heterocycles. The number of hydrogen-bond acceptors (Lipinski definition) is 3. The monoisotopic (exact) mass is 384 g/mol. The minimum Gasteiger partial charge on any atom is -0.319 e. The van der Waals surface area contributed by atoms with Gasteiger partial charge in [-0.05, 0) is 55.2 Å². The fourth-order valence-corrected chi connectivity index (χ4v) is 3.42. The Hall–Kier alpha value is -2.66. The summed E-state index contributed by atoms with van der Waals surface area (Å²) >= 11 is 5.93. The van der Waals surface area contributed by atoms with Crippen LogP contribution in [0.3, 0.4) is 0 Å². The second-order valence-corrected chi connectivity index (χ2v) is 7.25. The molecular formula is C21H21ClN2O3. The van der Waals surface area contributed by atoms with Crippen LogP contribution in [-0.4, -0.2) is 29.2 Å². The van der Waals surface area contributed by atoms with E-state index in [-0.39, 0.29) is 12.3 Å². The number of carbonyl (C=O) groups excluding carboxylic acids is 3. The number of carbonyl (C=O) groups is 3. The van der Waals surface area contributed by atoms with Gasteiger partial charge in [-0.25, -0.2) is 4.79 Å². The van der Waals surface area contributed by atoms with Crippen LogP contribution >= 0.6 is 11.6 Å². The molecule has 0 aliphatic carbocycles. The van der Waals surface area contributed by atoms with E-state index in [4.69, 9.17) is 11.6 Å². The van der Waals surface area contributed by atoms with E-state index in [0.29, 0.717) is 22.6 Å².